The number of hydrogen-bond acceptors (Lipinski definition) is 5. The molecule has 2 aromatic heterocycles. The largest absolute Gasteiger partial charge is 0.351 e. The fourth-order valence-electron chi connectivity index (χ4n) is 4.37. The number of rotatable bonds is 8. The van der Waals surface area contributed by atoms with Gasteiger partial charge in [-0.1, -0.05) is 108 Å². The zero-order valence-corrected chi connectivity index (χ0v) is 22.4. The zero-order chi connectivity index (χ0) is 26.6. The second-order valence-corrected chi connectivity index (χ2v) is 10.3. The van der Waals surface area contributed by atoms with Gasteiger partial charge in [0.15, 0.2) is 5.65 Å². The van der Waals surface area contributed by atoms with E-state index in [4.69, 9.17) is 21.7 Å². The first-order valence-electron chi connectivity index (χ1n) is 12.5. The van der Waals surface area contributed by atoms with Gasteiger partial charge in [-0.3, -0.25) is 4.79 Å². The molecule has 0 bridgehead atoms. The standard InChI is InChI=1S/C31H24ClN5OS/c32-26-19-11-10-14-23(26)20-33-31-34-28-27(30(38)36(31)24-15-6-2-7-16-24)29(39-21-22-12-4-1-5-13-22)35-37(28)25-17-8-3-9-18-25/h1-19H,20-21H2,(H,33,34). The first kappa shape index (κ1) is 25.0. The van der Waals surface area contributed by atoms with Gasteiger partial charge in [0.05, 0.1) is 11.4 Å². The number of benzene rings is 4. The fourth-order valence-corrected chi connectivity index (χ4v) is 5.53. The van der Waals surface area contributed by atoms with Crippen LogP contribution in [0.5, 0.6) is 0 Å². The zero-order valence-electron chi connectivity index (χ0n) is 20.9. The number of thioether (sulfide) groups is 1. The van der Waals surface area contributed by atoms with E-state index in [1.165, 1.54) is 11.8 Å². The van der Waals surface area contributed by atoms with E-state index in [1.54, 1.807) is 9.25 Å². The number of nitrogens with one attached hydrogen (secondary N) is 1. The maximum atomic E-state index is 14.3. The number of fused-ring (bicyclic) bond motifs is 1. The van der Waals surface area contributed by atoms with Crippen molar-refractivity contribution in [3.05, 3.63) is 142 Å². The normalized spacial score (nSPS) is 11.1. The van der Waals surface area contributed by atoms with E-state index >= 15 is 0 Å². The minimum atomic E-state index is -0.189. The van der Waals surface area contributed by atoms with Gasteiger partial charge in [-0.15, -0.1) is 0 Å². The molecule has 0 radical (unpaired) electrons. The monoisotopic (exact) mass is 549 g/mol. The highest BCUT2D eigenvalue weighted by Gasteiger charge is 2.22. The molecule has 8 heteroatoms. The van der Waals surface area contributed by atoms with Crippen LogP contribution in [-0.4, -0.2) is 19.3 Å². The van der Waals surface area contributed by atoms with Gasteiger partial charge in [-0.05, 0) is 41.5 Å². The average Bonchev–Trinajstić information content (AvgIpc) is 3.36. The molecule has 0 fully saturated rings. The van der Waals surface area contributed by atoms with Crippen molar-refractivity contribution in [3.8, 4) is 11.4 Å². The summed E-state index contributed by atoms with van der Waals surface area (Å²) in [4.78, 5) is 19.3. The molecule has 0 atom stereocenters. The van der Waals surface area contributed by atoms with Crippen molar-refractivity contribution in [2.24, 2.45) is 0 Å². The molecule has 0 saturated heterocycles. The van der Waals surface area contributed by atoms with Gasteiger partial charge in [0, 0.05) is 17.3 Å². The Labute approximate surface area is 234 Å². The summed E-state index contributed by atoms with van der Waals surface area (Å²) in [7, 11) is 0. The predicted octanol–water partition coefficient (Wildman–Crippen LogP) is 7.13. The van der Waals surface area contributed by atoms with Crippen LogP contribution < -0.4 is 10.9 Å². The highest BCUT2D eigenvalue weighted by Crippen LogP contribution is 2.30. The molecule has 0 aliphatic carbocycles. The van der Waals surface area contributed by atoms with E-state index in [0.29, 0.717) is 45.0 Å². The van der Waals surface area contributed by atoms with Crippen molar-refractivity contribution in [1.29, 1.82) is 0 Å². The highest BCUT2D eigenvalue weighted by molar-refractivity contribution is 7.98. The first-order valence-corrected chi connectivity index (χ1v) is 13.9. The summed E-state index contributed by atoms with van der Waals surface area (Å²) in [6.45, 7) is 0.402. The summed E-state index contributed by atoms with van der Waals surface area (Å²) >= 11 is 7.95. The lowest BCUT2D eigenvalue weighted by Crippen LogP contribution is -2.24. The van der Waals surface area contributed by atoms with Crippen LogP contribution in [0, 0.1) is 0 Å². The van der Waals surface area contributed by atoms with E-state index in [0.717, 1.165) is 16.8 Å². The van der Waals surface area contributed by atoms with Crippen molar-refractivity contribution >= 4 is 40.3 Å². The molecule has 0 spiro atoms. The Morgan fingerprint density at radius 2 is 1.38 bits per heavy atom. The van der Waals surface area contributed by atoms with Crippen LogP contribution in [0.4, 0.5) is 5.95 Å². The van der Waals surface area contributed by atoms with E-state index in [9.17, 15) is 4.79 Å². The Bertz CT molecular complexity index is 1790. The summed E-state index contributed by atoms with van der Waals surface area (Å²) in [5, 5.41) is 10.0. The molecule has 4 aromatic carbocycles. The minimum absolute atomic E-state index is 0.189. The third kappa shape index (κ3) is 5.19. The fraction of sp³-hybridized carbons (Fsp3) is 0.0645. The van der Waals surface area contributed by atoms with E-state index in [-0.39, 0.29) is 5.56 Å². The summed E-state index contributed by atoms with van der Waals surface area (Å²) < 4.78 is 3.36. The van der Waals surface area contributed by atoms with Crippen molar-refractivity contribution in [2.45, 2.75) is 17.3 Å². The van der Waals surface area contributed by atoms with Crippen LogP contribution in [0.2, 0.25) is 5.02 Å². The molecule has 2 heterocycles. The van der Waals surface area contributed by atoms with Crippen molar-refractivity contribution in [2.75, 3.05) is 5.32 Å². The molecule has 6 rings (SSSR count). The van der Waals surface area contributed by atoms with Crippen LogP contribution in [0.15, 0.2) is 125 Å². The van der Waals surface area contributed by atoms with Gasteiger partial charge in [0.2, 0.25) is 5.95 Å². The quantitative estimate of drug-likeness (QED) is 0.205. The van der Waals surface area contributed by atoms with Crippen LogP contribution in [0.3, 0.4) is 0 Å². The highest BCUT2D eigenvalue weighted by atomic mass is 35.5. The third-order valence-corrected chi connectivity index (χ3v) is 7.70. The average molecular weight is 550 g/mol. The molecule has 1 N–H and O–H groups in total. The summed E-state index contributed by atoms with van der Waals surface area (Å²) in [6, 6.07) is 37.1. The van der Waals surface area contributed by atoms with Gasteiger partial charge >= 0.3 is 0 Å². The van der Waals surface area contributed by atoms with Crippen molar-refractivity contribution in [3.63, 3.8) is 0 Å². The number of halogens is 1. The molecule has 39 heavy (non-hydrogen) atoms. The molecule has 0 unspecified atom stereocenters. The van der Waals surface area contributed by atoms with Gasteiger partial charge in [-0.2, -0.15) is 10.1 Å². The summed E-state index contributed by atoms with van der Waals surface area (Å²) in [6.07, 6.45) is 0. The van der Waals surface area contributed by atoms with Gasteiger partial charge in [0.25, 0.3) is 5.56 Å². The Morgan fingerprint density at radius 1 is 0.769 bits per heavy atom. The first-order chi connectivity index (χ1) is 19.2. The lowest BCUT2D eigenvalue weighted by molar-refractivity contribution is 0.848. The minimum Gasteiger partial charge on any atom is -0.351 e. The Morgan fingerprint density at radius 3 is 2.08 bits per heavy atom. The molecule has 0 saturated carbocycles. The molecule has 6 nitrogen and oxygen atoms in total. The topological polar surface area (TPSA) is 64.7 Å². The number of anilines is 1. The summed E-state index contributed by atoms with van der Waals surface area (Å²) in [5.74, 6) is 1.09. The predicted molar refractivity (Wildman–Crippen MR) is 159 cm³/mol. The SMILES string of the molecule is O=c1c2c(SCc3ccccc3)nn(-c3ccccc3)c2nc(NCc2ccccc2Cl)n1-c1ccccc1. The molecule has 0 aliphatic heterocycles. The molecule has 6 aromatic rings. The van der Waals surface area contributed by atoms with E-state index < -0.39 is 0 Å². The molecular weight excluding hydrogens is 526 g/mol. The number of nitrogens with zero attached hydrogens (tertiary/aromatic N) is 4. The van der Waals surface area contributed by atoms with Gasteiger partial charge in [-0.25, -0.2) is 9.25 Å². The second-order valence-electron chi connectivity index (χ2n) is 8.88. The second kappa shape index (κ2) is 11.2. The van der Waals surface area contributed by atoms with Crippen LogP contribution in [0.1, 0.15) is 11.1 Å². The van der Waals surface area contributed by atoms with E-state index in [2.05, 4.69) is 17.4 Å². The third-order valence-electron chi connectivity index (χ3n) is 6.30. The van der Waals surface area contributed by atoms with Crippen LogP contribution in [0.25, 0.3) is 22.4 Å². The van der Waals surface area contributed by atoms with Crippen molar-refractivity contribution < 1.29 is 0 Å². The maximum Gasteiger partial charge on any atom is 0.271 e. The lowest BCUT2D eigenvalue weighted by Gasteiger charge is -2.15. The lowest BCUT2D eigenvalue weighted by atomic mass is 10.2. The van der Waals surface area contributed by atoms with Crippen LogP contribution >= 0.6 is 23.4 Å². The van der Waals surface area contributed by atoms with Crippen molar-refractivity contribution in [1.82, 2.24) is 19.3 Å². The van der Waals surface area contributed by atoms with Gasteiger partial charge in [0.1, 0.15) is 10.4 Å². The Balaban J connectivity index is 1.53. The molecule has 192 valence electrons. The Hall–Kier alpha value is -4.33. The molecule has 0 amide bonds. The Kier molecular flexibility index (Phi) is 7.17. The number of hydrogen-bond donors (Lipinski definition) is 1. The number of para-hydroxylation sites is 2. The summed E-state index contributed by atoms with van der Waals surface area (Å²) in [5.41, 5.74) is 3.91. The van der Waals surface area contributed by atoms with Gasteiger partial charge < -0.3 is 5.32 Å². The number of aromatic nitrogens is 4. The maximum absolute atomic E-state index is 14.3. The molecule has 0 aliphatic rings. The van der Waals surface area contributed by atoms with Crippen LogP contribution in [-0.2, 0) is 12.3 Å². The van der Waals surface area contributed by atoms with E-state index in [1.807, 2.05) is 103 Å². The molecular formula is C31H24ClN5OS. The smallest absolute Gasteiger partial charge is 0.271 e.